The van der Waals surface area contributed by atoms with Gasteiger partial charge in [-0.15, -0.1) is 0 Å². The topological polar surface area (TPSA) is 52.6 Å². The summed E-state index contributed by atoms with van der Waals surface area (Å²) >= 11 is 11.8. The molecule has 20 heavy (non-hydrogen) atoms. The predicted molar refractivity (Wildman–Crippen MR) is 80.1 cm³/mol. The van der Waals surface area contributed by atoms with E-state index in [0.717, 1.165) is 12.8 Å². The number of rotatable bonds is 6. The Morgan fingerprint density at radius 2 is 2.20 bits per heavy atom. The van der Waals surface area contributed by atoms with Gasteiger partial charge >= 0.3 is 0 Å². The van der Waals surface area contributed by atoms with Gasteiger partial charge < -0.3 is 10.4 Å². The number of carbonyl (C=O) groups is 1. The fraction of sp³-hybridized carbons (Fsp3) is 0.500. The zero-order valence-corrected chi connectivity index (χ0v) is 12.8. The summed E-state index contributed by atoms with van der Waals surface area (Å²) in [5.41, 5.74) is 0.562. The van der Waals surface area contributed by atoms with Crippen molar-refractivity contribution >= 4 is 29.1 Å². The second kappa shape index (κ2) is 6.76. The van der Waals surface area contributed by atoms with E-state index in [-0.39, 0.29) is 12.5 Å². The number of aliphatic hydroxyl groups excluding tert-OH is 1. The molecule has 0 saturated heterocycles. The van der Waals surface area contributed by atoms with E-state index in [1.165, 1.54) is 0 Å². The fourth-order valence-electron chi connectivity index (χ4n) is 2.02. The maximum atomic E-state index is 11.7. The van der Waals surface area contributed by atoms with Crippen LogP contribution in [0.25, 0.3) is 0 Å². The standard InChI is InChI=1S/C14H18Cl2N2O2/c1-18(10-3-4-10)8-14(20)17-7-13(19)11-5-2-9(15)6-12(11)16/h2,5-6,10,13,19H,3-4,7-8H2,1H3,(H,17,20). The number of carbonyl (C=O) groups excluding carboxylic acids is 1. The van der Waals surface area contributed by atoms with Gasteiger partial charge in [0.25, 0.3) is 0 Å². The van der Waals surface area contributed by atoms with Crippen molar-refractivity contribution < 1.29 is 9.90 Å². The van der Waals surface area contributed by atoms with Crippen LogP contribution in [-0.4, -0.2) is 42.1 Å². The molecular formula is C14H18Cl2N2O2. The smallest absolute Gasteiger partial charge is 0.234 e. The van der Waals surface area contributed by atoms with Gasteiger partial charge in [0.05, 0.1) is 12.6 Å². The van der Waals surface area contributed by atoms with Gasteiger partial charge in [-0.3, -0.25) is 9.69 Å². The Bertz CT molecular complexity index is 492. The van der Waals surface area contributed by atoms with E-state index < -0.39 is 6.10 Å². The average molecular weight is 317 g/mol. The van der Waals surface area contributed by atoms with Gasteiger partial charge in [-0.25, -0.2) is 0 Å². The number of hydrogen-bond donors (Lipinski definition) is 2. The van der Waals surface area contributed by atoms with Crippen LogP contribution in [0.2, 0.25) is 10.0 Å². The Balaban J connectivity index is 1.81. The van der Waals surface area contributed by atoms with Gasteiger partial charge in [-0.05, 0) is 32.0 Å². The maximum absolute atomic E-state index is 11.7. The van der Waals surface area contributed by atoms with Crippen molar-refractivity contribution in [3.63, 3.8) is 0 Å². The molecule has 1 aliphatic carbocycles. The third-order valence-corrected chi connectivity index (χ3v) is 3.94. The van der Waals surface area contributed by atoms with Crippen LogP contribution in [0.3, 0.4) is 0 Å². The van der Waals surface area contributed by atoms with Crippen LogP contribution in [0.1, 0.15) is 24.5 Å². The summed E-state index contributed by atoms with van der Waals surface area (Å²) in [5.74, 6) is -0.0939. The van der Waals surface area contributed by atoms with Gasteiger partial charge in [0.15, 0.2) is 0 Å². The molecule has 1 atom stereocenters. The highest BCUT2D eigenvalue weighted by Crippen LogP contribution is 2.26. The number of benzene rings is 1. The second-order valence-electron chi connectivity index (χ2n) is 5.13. The highest BCUT2D eigenvalue weighted by molar-refractivity contribution is 6.35. The van der Waals surface area contributed by atoms with E-state index in [1.54, 1.807) is 18.2 Å². The molecule has 1 aromatic rings. The van der Waals surface area contributed by atoms with Crippen molar-refractivity contribution in [3.8, 4) is 0 Å². The molecule has 1 saturated carbocycles. The molecule has 0 aromatic heterocycles. The minimum Gasteiger partial charge on any atom is -0.387 e. The van der Waals surface area contributed by atoms with E-state index in [4.69, 9.17) is 23.2 Å². The molecule has 1 aliphatic rings. The molecule has 2 rings (SSSR count). The normalized spacial score (nSPS) is 16.2. The highest BCUT2D eigenvalue weighted by Gasteiger charge is 2.27. The molecule has 2 N–H and O–H groups in total. The van der Waals surface area contributed by atoms with E-state index in [0.29, 0.717) is 28.2 Å². The number of aliphatic hydroxyl groups is 1. The zero-order valence-electron chi connectivity index (χ0n) is 11.3. The molecule has 1 aromatic carbocycles. The molecule has 4 nitrogen and oxygen atoms in total. The lowest BCUT2D eigenvalue weighted by molar-refractivity contribution is -0.122. The van der Waals surface area contributed by atoms with Crippen LogP contribution in [0.4, 0.5) is 0 Å². The van der Waals surface area contributed by atoms with Gasteiger partial charge in [0.2, 0.25) is 5.91 Å². The lowest BCUT2D eigenvalue weighted by Crippen LogP contribution is -2.38. The van der Waals surface area contributed by atoms with Crippen LogP contribution in [-0.2, 0) is 4.79 Å². The molecule has 0 spiro atoms. The van der Waals surface area contributed by atoms with Crippen molar-refractivity contribution in [3.05, 3.63) is 33.8 Å². The first-order valence-electron chi connectivity index (χ1n) is 6.57. The predicted octanol–water partition coefficient (Wildman–Crippen LogP) is 2.24. The maximum Gasteiger partial charge on any atom is 0.234 e. The molecule has 0 radical (unpaired) electrons. The second-order valence-corrected chi connectivity index (χ2v) is 5.98. The Hall–Kier alpha value is -0.810. The molecule has 110 valence electrons. The largest absolute Gasteiger partial charge is 0.387 e. The number of nitrogens with one attached hydrogen (secondary N) is 1. The van der Waals surface area contributed by atoms with E-state index in [2.05, 4.69) is 5.32 Å². The first-order chi connectivity index (χ1) is 9.47. The van der Waals surface area contributed by atoms with E-state index in [1.807, 2.05) is 11.9 Å². The van der Waals surface area contributed by atoms with Crippen LogP contribution in [0.15, 0.2) is 18.2 Å². The minimum atomic E-state index is -0.838. The number of likely N-dealkylation sites (N-methyl/N-ethyl adjacent to an activating group) is 1. The summed E-state index contributed by atoms with van der Waals surface area (Å²) in [6, 6.07) is 5.44. The van der Waals surface area contributed by atoms with Gasteiger partial charge in [-0.2, -0.15) is 0 Å². The monoisotopic (exact) mass is 316 g/mol. The average Bonchev–Trinajstić information content (AvgIpc) is 3.20. The number of nitrogens with zero attached hydrogens (tertiary/aromatic N) is 1. The molecule has 1 unspecified atom stereocenters. The van der Waals surface area contributed by atoms with Crippen LogP contribution >= 0.6 is 23.2 Å². The quantitative estimate of drug-likeness (QED) is 0.846. The van der Waals surface area contributed by atoms with E-state index >= 15 is 0 Å². The lowest BCUT2D eigenvalue weighted by Gasteiger charge is -2.17. The first kappa shape index (κ1) is 15.6. The zero-order chi connectivity index (χ0) is 14.7. The third kappa shape index (κ3) is 4.35. The van der Waals surface area contributed by atoms with Crippen LogP contribution in [0.5, 0.6) is 0 Å². The summed E-state index contributed by atoms with van der Waals surface area (Å²) < 4.78 is 0. The Morgan fingerprint density at radius 1 is 1.50 bits per heavy atom. The summed E-state index contributed by atoms with van der Waals surface area (Å²) in [5, 5.41) is 13.7. The number of halogens is 2. The van der Waals surface area contributed by atoms with Crippen molar-refractivity contribution in [2.24, 2.45) is 0 Å². The van der Waals surface area contributed by atoms with Crippen molar-refractivity contribution in [1.82, 2.24) is 10.2 Å². The molecule has 6 heteroatoms. The SMILES string of the molecule is CN(CC(=O)NCC(O)c1ccc(Cl)cc1Cl)C1CC1. The fourth-order valence-corrected chi connectivity index (χ4v) is 2.55. The number of hydrogen-bond acceptors (Lipinski definition) is 3. The Kier molecular flexibility index (Phi) is 5.27. The van der Waals surface area contributed by atoms with Crippen LogP contribution < -0.4 is 5.32 Å². The van der Waals surface area contributed by atoms with E-state index in [9.17, 15) is 9.90 Å². The lowest BCUT2D eigenvalue weighted by atomic mass is 10.1. The minimum absolute atomic E-state index is 0.0939. The van der Waals surface area contributed by atoms with Gasteiger partial charge in [-0.1, -0.05) is 29.3 Å². The van der Waals surface area contributed by atoms with Crippen molar-refractivity contribution in [2.75, 3.05) is 20.1 Å². The Morgan fingerprint density at radius 3 is 2.80 bits per heavy atom. The number of amides is 1. The third-order valence-electron chi connectivity index (χ3n) is 3.38. The van der Waals surface area contributed by atoms with Crippen LogP contribution in [0, 0.1) is 0 Å². The summed E-state index contributed by atoms with van der Waals surface area (Å²) in [6.45, 7) is 0.491. The van der Waals surface area contributed by atoms with Crippen molar-refractivity contribution in [1.29, 1.82) is 0 Å². The highest BCUT2D eigenvalue weighted by atomic mass is 35.5. The molecule has 0 bridgehead atoms. The summed E-state index contributed by atoms with van der Waals surface area (Å²) in [6.07, 6.45) is 1.48. The van der Waals surface area contributed by atoms with Gasteiger partial charge in [0, 0.05) is 28.2 Å². The Labute approximate surface area is 128 Å². The summed E-state index contributed by atoms with van der Waals surface area (Å²) in [4.78, 5) is 13.8. The van der Waals surface area contributed by atoms with Gasteiger partial charge in [0.1, 0.15) is 0 Å². The molecular weight excluding hydrogens is 299 g/mol. The molecule has 0 heterocycles. The summed E-state index contributed by atoms with van der Waals surface area (Å²) in [7, 11) is 1.93. The molecule has 0 aliphatic heterocycles. The first-order valence-corrected chi connectivity index (χ1v) is 7.33. The molecule has 1 fully saturated rings. The molecule has 1 amide bonds. The van der Waals surface area contributed by atoms with Crippen molar-refractivity contribution in [2.45, 2.75) is 25.0 Å².